The van der Waals surface area contributed by atoms with Crippen LogP contribution in [-0.2, 0) is 28.8 Å². The summed E-state index contributed by atoms with van der Waals surface area (Å²) in [6, 6.07) is 34.0. The summed E-state index contributed by atoms with van der Waals surface area (Å²) in [7, 11) is 0. The normalized spacial score (nSPS) is 14.8. The van der Waals surface area contributed by atoms with Gasteiger partial charge in [0.2, 0.25) is 5.91 Å². The van der Waals surface area contributed by atoms with Crippen LogP contribution in [0.5, 0.6) is 0 Å². The van der Waals surface area contributed by atoms with Crippen molar-refractivity contribution in [3.8, 4) is 11.4 Å². The number of nitrogens with two attached hydrogens (primary N) is 1. The number of imidazole rings is 2. The zero-order valence-corrected chi connectivity index (χ0v) is 39.6. The maximum atomic E-state index is 13.2. The Morgan fingerprint density at radius 2 is 0.928 bits per heavy atom. The van der Waals surface area contributed by atoms with Gasteiger partial charge in [0.05, 0.1) is 12.7 Å². The summed E-state index contributed by atoms with van der Waals surface area (Å²) in [5, 5.41) is 11.9. The Labute approximate surface area is 401 Å². The van der Waals surface area contributed by atoms with Crippen LogP contribution in [0.1, 0.15) is 90.2 Å². The third-order valence-electron chi connectivity index (χ3n) is 12.5. The fraction of sp³-hybridized carbons (Fsp3) is 0.214. The molecule has 0 aliphatic heterocycles. The molecule has 2 atom stereocenters. The zero-order chi connectivity index (χ0) is 49.8. The molecule has 0 saturated heterocycles. The minimum atomic E-state index is -0.915. The average Bonchev–Trinajstić information content (AvgIpc) is 4.12. The van der Waals surface area contributed by atoms with Crippen molar-refractivity contribution in [2.24, 2.45) is 0 Å². The van der Waals surface area contributed by atoms with Crippen molar-refractivity contribution in [1.82, 2.24) is 19.1 Å². The predicted octanol–water partition coefficient (Wildman–Crippen LogP) is 10.1. The average molecular weight is 925 g/mol. The molecule has 13 heteroatoms. The molecule has 2 unspecified atom stereocenters. The van der Waals surface area contributed by atoms with Crippen molar-refractivity contribution in [2.75, 3.05) is 11.1 Å². The minimum absolute atomic E-state index is 0.0560. The van der Waals surface area contributed by atoms with Crippen LogP contribution in [0.2, 0.25) is 0 Å². The number of carboxylic acid groups (broad SMARTS) is 1. The van der Waals surface area contributed by atoms with Gasteiger partial charge in [-0.1, -0.05) is 60.7 Å². The van der Waals surface area contributed by atoms with Gasteiger partial charge in [0.1, 0.15) is 0 Å². The van der Waals surface area contributed by atoms with Crippen molar-refractivity contribution in [3.63, 3.8) is 0 Å². The maximum Gasteiger partial charge on any atom is 0.303 e. The van der Waals surface area contributed by atoms with Crippen LogP contribution in [0, 0.1) is 0 Å². The fourth-order valence-corrected chi connectivity index (χ4v) is 8.35. The largest absolute Gasteiger partial charge is 0.481 e. The molecular formula is C56H56N6O7. The number of hydrogen-bond acceptors (Lipinski definition) is 9. The zero-order valence-electron chi connectivity index (χ0n) is 39.6. The van der Waals surface area contributed by atoms with Gasteiger partial charge in [-0.25, -0.2) is 9.97 Å². The second-order valence-electron chi connectivity index (χ2n) is 16.9. The first-order chi connectivity index (χ1) is 33.1. The summed E-state index contributed by atoms with van der Waals surface area (Å²) in [5.74, 6) is -2.28. The van der Waals surface area contributed by atoms with E-state index < -0.39 is 5.97 Å². The molecule has 4 N–H and O–H groups in total. The number of carbonyl (C=O) groups is 6. The Morgan fingerprint density at radius 3 is 1.32 bits per heavy atom. The third kappa shape index (κ3) is 12.2. The first-order valence-electron chi connectivity index (χ1n) is 22.6. The fourth-order valence-electron chi connectivity index (χ4n) is 8.35. The number of aliphatic carboxylic acids is 1. The van der Waals surface area contributed by atoms with Gasteiger partial charge in [-0.15, -0.1) is 0 Å². The van der Waals surface area contributed by atoms with E-state index in [1.165, 1.54) is 0 Å². The number of rotatable bonds is 13. The monoisotopic (exact) mass is 924 g/mol. The molecule has 0 bridgehead atoms. The number of aromatic nitrogens is 4. The quantitative estimate of drug-likeness (QED) is 0.0741. The van der Waals surface area contributed by atoms with E-state index >= 15 is 0 Å². The molecule has 69 heavy (non-hydrogen) atoms. The Balaban J connectivity index is 0.000000191. The molecule has 0 fully saturated rings. The van der Waals surface area contributed by atoms with Gasteiger partial charge in [-0.2, -0.15) is 0 Å². The number of hydrogen-bond donors (Lipinski definition) is 3. The van der Waals surface area contributed by atoms with Crippen molar-refractivity contribution in [3.05, 3.63) is 202 Å². The van der Waals surface area contributed by atoms with E-state index in [4.69, 9.17) is 10.8 Å². The van der Waals surface area contributed by atoms with Crippen molar-refractivity contribution >= 4 is 46.4 Å². The van der Waals surface area contributed by atoms with Crippen LogP contribution < -0.4 is 11.1 Å². The van der Waals surface area contributed by atoms with E-state index in [0.29, 0.717) is 56.7 Å². The highest BCUT2D eigenvalue weighted by molar-refractivity contribution is 6.26. The van der Waals surface area contributed by atoms with E-state index in [-0.39, 0.29) is 60.1 Å². The molecule has 0 radical (unpaired) electrons. The van der Waals surface area contributed by atoms with E-state index in [0.717, 1.165) is 28.2 Å². The molecule has 8 rings (SSSR count). The summed E-state index contributed by atoms with van der Waals surface area (Å²) in [6.45, 7) is 10.1. The molecule has 6 aromatic rings. The molecule has 2 heterocycles. The van der Waals surface area contributed by atoms with Crippen molar-refractivity contribution in [1.29, 1.82) is 0 Å². The molecule has 1 amide bonds. The van der Waals surface area contributed by atoms with Crippen molar-refractivity contribution in [2.45, 2.75) is 79.1 Å². The predicted molar refractivity (Wildman–Crippen MR) is 267 cm³/mol. The summed E-state index contributed by atoms with van der Waals surface area (Å²) in [4.78, 5) is 82.8. The van der Waals surface area contributed by atoms with Crippen LogP contribution in [0.4, 0.5) is 11.4 Å². The second-order valence-corrected chi connectivity index (χ2v) is 16.9. The van der Waals surface area contributed by atoms with Gasteiger partial charge in [0, 0.05) is 117 Å². The smallest absolute Gasteiger partial charge is 0.303 e. The molecular weight excluding hydrogens is 869 g/mol. The molecule has 2 aliphatic carbocycles. The number of anilines is 2. The van der Waals surface area contributed by atoms with Crippen LogP contribution in [0.15, 0.2) is 191 Å². The number of carbonyl (C=O) groups excluding carboxylic acids is 5. The highest BCUT2D eigenvalue weighted by Crippen LogP contribution is 2.39. The topological polar surface area (TPSA) is 196 Å². The number of allylic oxidation sites excluding steroid dienone is 8. The number of amides is 1. The van der Waals surface area contributed by atoms with Gasteiger partial charge in [0.15, 0.2) is 23.1 Å². The molecule has 0 spiro atoms. The number of ketones is 4. The number of nitrogens with zero attached hydrogens (tertiary/aromatic N) is 4. The van der Waals surface area contributed by atoms with Crippen LogP contribution in [0.3, 0.4) is 0 Å². The summed E-state index contributed by atoms with van der Waals surface area (Å²) in [6.07, 6.45) is 11.5. The van der Waals surface area contributed by atoms with Crippen LogP contribution in [-0.4, -0.2) is 59.2 Å². The molecule has 352 valence electrons. The number of nitrogen functional groups attached to an aromatic ring is 1. The lowest BCUT2D eigenvalue weighted by atomic mass is 9.76. The first kappa shape index (κ1) is 50.1. The highest BCUT2D eigenvalue weighted by Gasteiger charge is 2.35. The van der Waals surface area contributed by atoms with Gasteiger partial charge < -0.3 is 25.3 Å². The lowest BCUT2D eigenvalue weighted by Crippen LogP contribution is -2.25. The van der Waals surface area contributed by atoms with Crippen LogP contribution in [0.25, 0.3) is 11.4 Å². The van der Waals surface area contributed by atoms with Gasteiger partial charge in [0.25, 0.3) is 0 Å². The van der Waals surface area contributed by atoms with E-state index in [2.05, 4.69) is 15.3 Å². The Bertz CT molecular complexity index is 2960. The molecule has 4 aromatic carbocycles. The lowest BCUT2D eigenvalue weighted by molar-refractivity contribution is -0.137. The third-order valence-corrected chi connectivity index (χ3v) is 12.5. The Kier molecular flexibility index (Phi) is 16.6. The number of carboxylic acids is 1. The van der Waals surface area contributed by atoms with E-state index in [1.54, 1.807) is 66.6 Å². The number of Topliss-reactive ketones (excluding diaryl/α,β-unsaturated/α-hetero) is 4. The van der Waals surface area contributed by atoms with Gasteiger partial charge >= 0.3 is 5.97 Å². The summed E-state index contributed by atoms with van der Waals surface area (Å²) >= 11 is 0. The SMILES string of the molecule is CC1=C(C)C(=O)C(C(CCC(=O)Nc2ccc(-n3ccnc3)cc2)c2ccccc2)=C(C)C1=O.CC1=C(C)C(=O)C(C(CCC(=O)O)c2ccccc2)=C(C)C1=O.Nc1ccc(-n2ccnc2)cc1. The highest BCUT2D eigenvalue weighted by atomic mass is 16.4. The second kappa shape index (κ2) is 22.9. The number of nitrogens with one attached hydrogen (secondary N) is 1. The molecule has 2 aliphatic rings. The minimum Gasteiger partial charge on any atom is -0.481 e. The maximum absolute atomic E-state index is 13.2. The number of benzene rings is 4. The Morgan fingerprint density at radius 1 is 0.536 bits per heavy atom. The van der Waals surface area contributed by atoms with Crippen molar-refractivity contribution < 1.29 is 33.9 Å². The molecule has 13 nitrogen and oxygen atoms in total. The van der Waals surface area contributed by atoms with Gasteiger partial charge in [-0.05, 0) is 114 Å². The van der Waals surface area contributed by atoms with E-state index in [9.17, 15) is 28.8 Å². The van der Waals surface area contributed by atoms with E-state index in [1.807, 2.05) is 131 Å². The van der Waals surface area contributed by atoms with Crippen LogP contribution >= 0.6 is 0 Å². The molecule has 2 aromatic heterocycles. The first-order valence-corrected chi connectivity index (χ1v) is 22.6. The summed E-state index contributed by atoms with van der Waals surface area (Å²) in [5.41, 5.74) is 14.5. The lowest BCUT2D eigenvalue weighted by Gasteiger charge is -2.26. The summed E-state index contributed by atoms with van der Waals surface area (Å²) < 4.78 is 3.81. The Hall–Kier alpha value is -8.32. The standard InChI is InChI=1S/C28H27N3O3.C19H20O4.C9H9N3/c1-18-19(2)28(34)26(20(3)27(18)33)24(21-7-5-4-6-8-21)13-14-25(32)30-22-9-11-23(12-10-22)31-16-15-29-17-31;1-11-12(2)19(23)17(13(3)18(11)22)15(9-10-16(20)21)14-7-5-4-6-8-14;10-8-1-3-9(4-2-8)12-6-5-11-7-12/h4-12,15-17,24H,13-14H2,1-3H3,(H,30,32);4-8,15H,9-10H2,1-3H3,(H,20,21);1-7H,10H2. The molecule has 0 saturated carbocycles. The van der Waals surface area contributed by atoms with Gasteiger partial charge in [-0.3, -0.25) is 28.8 Å².